The third-order valence-corrected chi connectivity index (χ3v) is 3.47. The zero-order chi connectivity index (χ0) is 14.1. The second kappa shape index (κ2) is 5.21. The summed E-state index contributed by atoms with van der Waals surface area (Å²) >= 11 is 0. The Morgan fingerprint density at radius 1 is 1.42 bits per heavy atom. The van der Waals surface area contributed by atoms with Crippen molar-refractivity contribution in [2.24, 2.45) is 11.1 Å². The number of ether oxygens (including phenoxy) is 1. The summed E-state index contributed by atoms with van der Waals surface area (Å²) in [5, 5.41) is 4.05. The number of nitrogens with zero attached hydrogens (tertiary/aromatic N) is 2. The third kappa shape index (κ3) is 3.76. The van der Waals surface area contributed by atoms with Gasteiger partial charge in [0, 0.05) is 19.1 Å². The summed E-state index contributed by atoms with van der Waals surface area (Å²) in [6, 6.07) is 0.0469. The first-order chi connectivity index (χ1) is 8.78. The van der Waals surface area contributed by atoms with Gasteiger partial charge >= 0.3 is 0 Å². The maximum absolute atomic E-state index is 6.13. The molecule has 0 aromatic carbocycles. The lowest BCUT2D eigenvalue weighted by molar-refractivity contribution is 0.00768. The Kier molecular flexibility index (Phi) is 3.97. The summed E-state index contributed by atoms with van der Waals surface area (Å²) in [4.78, 5) is 4.45. The van der Waals surface area contributed by atoms with Gasteiger partial charge < -0.3 is 15.0 Å². The van der Waals surface area contributed by atoms with Crippen LogP contribution in [0.15, 0.2) is 4.52 Å². The fraction of sp³-hybridized carbons (Fsp3) is 0.857. The molecule has 2 rings (SSSR count). The van der Waals surface area contributed by atoms with E-state index in [1.165, 1.54) is 0 Å². The van der Waals surface area contributed by atoms with Crippen molar-refractivity contribution in [1.82, 2.24) is 10.1 Å². The smallest absolute Gasteiger partial charge is 0.228 e. The van der Waals surface area contributed by atoms with Crippen LogP contribution in [0.5, 0.6) is 0 Å². The van der Waals surface area contributed by atoms with E-state index >= 15 is 0 Å². The summed E-state index contributed by atoms with van der Waals surface area (Å²) in [5.41, 5.74) is 5.96. The van der Waals surface area contributed by atoms with Crippen LogP contribution in [0.2, 0.25) is 0 Å². The summed E-state index contributed by atoms with van der Waals surface area (Å²) < 4.78 is 11.0. The topological polar surface area (TPSA) is 74.2 Å². The van der Waals surface area contributed by atoms with E-state index in [4.69, 9.17) is 15.0 Å². The molecule has 0 aliphatic carbocycles. The molecule has 1 saturated heterocycles. The van der Waals surface area contributed by atoms with Crippen molar-refractivity contribution >= 4 is 0 Å². The van der Waals surface area contributed by atoms with Gasteiger partial charge in [-0.2, -0.15) is 4.98 Å². The molecule has 2 heterocycles. The molecule has 2 unspecified atom stereocenters. The Hall–Kier alpha value is -0.940. The van der Waals surface area contributed by atoms with Crippen molar-refractivity contribution in [3.05, 3.63) is 11.7 Å². The first-order valence-corrected chi connectivity index (χ1v) is 7.01. The monoisotopic (exact) mass is 267 g/mol. The Balaban J connectivity index is 1.98. The van der Waals surface area contributed by atoms with Gasteiger partial charge in [0.25, 0.3) is 0 Å². The summed E-state index contributed by atoms with van der Waals surface area (Å²) in [5.74, 6) is 1.27. The van der Waals surface area contributed by atoms with Crippen molar-refractivity contribution in [2.45, 2.75) is 65.0 Å². The van der Waals surface area contributed by atoms with Gasteiger partial charge in [-0.25, -0.2) is 0 Å². The molecule has 0 saturated carbocycles. The molecule has 5 nitrogen and oxygen atoms in total. The average Bonchev–Trinajstić information content (AvgIpc) is 2.85. The first kappa shape index (κ1) is 14.5. The molecule has 1 fully saturated rings. The molecule has 2 N–H and O–H groups in total. The van der Waals surface area contributed by atoms with Crippen LogP contribution in [-0.4, -0.2) is 22.8 Å². The highest BCUT2D eigenvalue weighted by atomic mass is 16.5. The molecular weight excluding hydrogens is 242 g/mol. The van der Waals surface area contributed by atoms with E-state index in [0.717, 1.165) is 25.9 Å². The molecular formula is C14H25N3O2. The van der Waals surface area contributed by atoms with Gasteiger partial charge in [0.2, 0.25) is 11.7 Å². The van der Waals surface area contributed by atoms with E-state index in [9.17, 15) is 0 Å². The summed E-state index contributed by atoms with van der Waals surface area (Å²) in [6.07, 6.45) is 3.54. The van der Waals surface area contributed by atoms with E-state index in [1.54, 1.807) is 0 Å². The van der Waals surface area contributed by atoms with Gasteiger partial charge in [-0.3, -0.25) is 0 Å². The zero-order valence-electron chi connectivity index (χ0n) is 12.4. The highest BCUT2D eigenvalue weighted by molar-refractivity contribution is 5.02. The largest absolute Gasteiger partial charge is 0.367 e. The lowest BCUT2D eigenvalue weighted by atomic mass is 9.87. The normalized spacial score (nSPS) is 25.7. The van der Waals surface area contributed by atoms with E-state index in [0.29, 0.717) is 18.1 Å². The minimum atomic E-state index is -0.379. The summed E-state index contributed by atoms with van der Waals surface area (Å²) in [7, 11) is 0. The van der Waals surface area contributed by atoms with Crippen LogP contribution in [0.1, 0.15) is 58.7 Å². The highest BCUT2D eigenvalue weighted by Crippen LogP contribution is 2.33. The standard InChI is InChI=1S/C14H25N3O2/c1-13(2,3)9-10(15)8-11-16-12(17-19-11)14(4)6-5-7-18-14/h10H,5-9,15H2,1-4H3. The quantitative estimate of drug-likeness (QED) is 0.906. The molecule has 19 heavy (non-hydrogen) atoms. The SMILES string of the molecule is CC(C)(C)CC(N)Cc1nc(C2(C)CCCO2)no1. The minimum absolute atomic E-state index is 0.0469. The molecule has 1 aliphatic heterocycles. The van der Waals surface area contributed by atoms with Crippen LogP contribution < -0.4 is 5.73 Å². The van der Waals surface area contributed by atoms with E-state index in [1.807, 2.05) is 6.92 Å². The molecule has 1 aromatic heterocycles. The van der Waals surface area contributed by atoms with Gasteiger partial charge in [0.05, 0.1) is 0 Å². The molecule has 0 spiro atoms. The van der Waals surface area contributed by atoms with E-state index < -0.39 is 0 Å². The molecule has 0 bridgehead atoms. The van der Waals surface area contributed by atoms with Crippen molar-refractivity contribution in [3.8, 4) is 0 Å². The van der Waals surface area contributed by atoms with Crippen molar-refractivity contribution in [3.63, 3.8) is 0 Å². The Bertz CT molecular complexity index is 417. The van der Waals surface area contributed by atoms with Crippen LogP contribution in [-0.2, 0) is 16.8 Å². The van der Waals surface area contributed by atoms with Gasteiger partial charge in [0.1, 0.15) is 5.60 Å². The van der Waals surface area contributed by atoms with Crippen LogP contribution >= 0.6 is 0 Å². The van der Waals surface area contributed by atoms with Gasteiger partial charge in [-0.05, 0) is 31.6 Å². The zero-order valence-corrected chi connectivity index (χ0v) is 12.4. The average molecular weight is 267 g/mol. The van der Waals surface area contributed by atoms with Crippen molar-refractivity contribution in [2.75, 3.05) is 6.61 Å². The Morgan fingerprint density at radius 3 is 2.74 bits per heavy atom. The fourth-order valence-corrected chi connectivity index (χ4v) is 2.59. The fourth-order valence-electron chi connectivity index (χ4n) is 2.59. The van der Waals surface area contributed by atoms with E-state index in [-0.39, 0.29) is 17.1 Å². The molecule has 1 aromatic rings. The maximum Gasteiger partial charge on any atom is 0.228 e. The predicted molar refractivity (Wildman–Crippen MR) is 72.6 cm³/mol. The van der Waals surface area contributed by atoms with Crippen molar-refractivity contribution in [1.29, 1.82) is 0 Å². The van der Waals surface area contributed by atoms with Crippen LogP contribution in [0.4, 0.5) is 0 Å². The number of rotatable bonds is 4. The molecule has 5 heteroatoms. The number of hydrogen-bond donors (Lipinski definition) is 1. The van der Waals surface area contributed by atoms with Gasteiger partial charge in [-0.1, -0.05) is 25.9 Å². The second-order valence-corrected chi connectivity index (χ2v) is 6.92. The first-order valence-electron chi connectivity index (χ1n) is 7.01. The lowest BCUT2D eigenvalue weighted by Crippen LogP contribution is -2.28. The van der Waals surface area contributed by atoms with Crippen LogP contribution in [0, 0.1) is 5.41 Å². The predicted octanol–water partition coefficient (Wildman–Crippen LogP) is 2.40. The highest BCUT2D eigenvalue weighted by Gasteiger charge is 2.36. The van der Waals surface area contributed by atoms with Gasteiger partial charge in [0.15, 0.2) is 0 Å². The minimum Gasteiger partial charge on any atom is -0.367 e. The van der Waals surface area contributed by atoms with Crippen molar-refractivity contribution < 1.29 is 9.26 Å². The molecule has 108 valence electrons. The number of aromatic nitrogens is 2. The molecule has 0 amide bonds. The summed E-state index contributed by atoms with van der Waals surface area (Å²) in [6.45, 7) is 9.33. The van der Waals surface area contributed by atoms with Crippen LogP contribution in [0.25, 0.3) is 0 Å². The Labute approximate surface area is 114 Å². The molecule has 1 aliphatic rings. The van der Waals surface area contributed by atoms with Gasteiger partial charge in [-0.15, -0.1) is 0 Å². The number of hydrogen-bond acceptors (Lipinski definition) is 5. The molecule has 2 atom stereocenters. The number of nitrogens with two attached hydrogens (primary N) is 1. The molecule has 0 radical (unpaired) electrons. The second-order valence-electron chi connectivity index (χ2n) is 6.92. The van der Waals surface area contributed by atoms with Crippen LogP contribution in [0.3, 0.4) is 0 Å². The van der Waals surface area contributed by atoms with E-state index in [2.05, 4.69) is 30.9 Å². The lowest BCUT2D eigenvalue weighted by Gasteiger charge is -2.22. The third-order valence-electron chi connectivity index (χ3n) is 3.47. The Morgan fingerprint density at radius 2 is 2.16 bits per heavy atom. The maximum atomic E-state index is 6.13.